The number of nitrogens with zero attached hydrogens (tertiary/aromatic N) is 1. The molecule has 1 fully saturated rings. The summed E-state index contributed by atoms with van der Waals surface area (Å²) in [6.45, 7) is 5.63. The van der Waals surface area contributed by atoms with E-state index in [9.17, 15) is 8.42 Å². The Labute approximate surface area is 104 Å². The first-order valence-electron chi connectivity index (χ1n) is 6.07. The lowest BCUT2D eigenvalue weighted by molar-refractivity contribution is 0.388. The summed E-state index contributed by atoms with van der Waals surface area (Å²) in [7, 11) is -3.27. The van der Waals surface area contributed by atoms with Gasteiger partial charge >= 0.3 is 0 Å². The Morgan fingerprint density at radius 3 is 2.41 bits per heavy atom. The van der Waals surface area contributed by atoms with Crippen LogP contribution in [-0.4, -0.2) is 25.8 Å². The van der Waals surface area contributed by atoms with E-state index in [0.717, 1.165) is 6.42 Å². The van der Waals surface area contributed by atoms with Crippen LogP contribution in [-0.2, 0) is 10.0 Å². The number of benzene rings is 1. The fraction of sp³-hybridized carbons (Fsp3) is 0.538. The highest BCUT2D eigenvalue weighted by Gasteiger charge is 2.33. The predicted octanol–water partition coefficient (Wildman–Crippen LogP) is 2.35. The fourth-order valence-electron chi connectivity index (χ4n) is 2.26. The highest BCUT2D eigenvalue weighted by molar-refractivity contribution is 7.89. The quantitative estimate of drug-likeness (QED) is 0.829. The molecule has 0 aromatic heterocycles. The summed E-state index contributed by atoms with van der Waals surface area (Å²) in [6, 6.07) is 8.70. The van der Waals surface area contributed by atoms with Crippen LogP contribution in [0.4, 0.5) is 0 Å². The summed E-state index contributed by atoms with van der Waals surface area (Å²) in [5, 5.41) is 0. The molecule has 1 aliphatic heterocycles. The van der Waals surface area contributed by atoms with Crippen LogP contribution in [0.15, 0.2) is 35.2 Å². The number of hydrogen-bond donors (Lipinski definition) is 0. The average Bonchev–Trinajstić information content (AvgIpc) is 2.80. The van der Waals surface area contributed by atoms with Gasteiger partial charge in [-0.1, -0.05) is 32.0 Å². The maximum atomic E-state index is 12.3. The Bertz CT molecular complexity index is 467. The second-order valence-corrected chi connectivity index (χ2v) is 6.91. The Hall–Kier alpha value is -0.870. The number of hydrogen-bond acceptors (Lipinski definition) is 2. The maximum Gasteiger partial charge on any atom is 0.243 e. The predicted molar refractivity (Wildman–Crippen MR) is 68.1 cm³/mol. The van der Waals surface area contributed by atoms with Crippen molar-refractivity contribution >= 4 is 10.0 Å². The van der Waals surface area contributed by atoms with E-state index in [1.54, 1.807) is 28.6 Å². The first kappa shape index (κ1) is 12.6. The van der Waals surface area contributed by atoms with E-state index in [1.807, 2.05) is 6.07 Å². The normalized spacial score (nSPS) is 22.2. The molecule has 1 heterocycles. The van der Waals surface area contributed by atoms with E-state index < -0.39 is 10.0 Å². The van der Waals surface area contributed by atoms with Gasteiger partial charge in [-0.2, -0.15) is 4.31 Å². The van der Waals surface area contributed by atoms with Gasteiger partial charge in [0.1, 0.15) is 0 Å². The smallest absolute Gasteiger partial charge is 0.207 e. The van der Waals surface area contributed by atoms with Crippen molar-refractivity contribution in [2.45, 2.75) is 25.2 Å². The molecule has 17 heavy (non-hydrogen) atoms. The van der Waals surface area contributed by atoms with Crippen LogP contribution in [0.2, 0.25) is 0 Å². The van der Waals surface area contributed by atoms with Gasteiger partial charge in [0.05, 0.1) is 4.90 Å². The van der Waals surface area contributed by atoms with Crippen molar-refractivity contribution in [3.05, 3.63) is 30.3 Å². The van der Waals surface area contributed by atoms with Gasteiger partial charge in [-0.05, 0) is 30.4 Å². The minimum atomic E-state index is -3.27. The largest absolute Gasteiger partial charge is 0.243 e. The standard InChI is InChI=1S/C13H19NO2S/c1-11(2)12-8-9-14(10-12)17(15,16)13-6-4-3-5-7-13/h3-7,11-12H,8-10H2,1-2H3/t12-/m1/s1. The molecular weight excluding hydrogens is 234 g/mol. The van der Waals surface area contributed by atoms with E-state index in [4.69, 9.17) is 0 Å². The van der Waals surface area contributed by atoms with Crippen molar-refractivity contribution in [1.29, 1.82) is 0 Å². The molecule has 0 N–H and O–H groups in total. The second kappa shape index (κ2) is 4.78. The fourth-order valence-corrected chi connectivity index (χ4v) is 3.79. The van der Waals surface area contributed by atoms with Crippen molar-refractivity contribution in [3.8, 4) is 0 Å². The van der Waals surface area contributed by atoms with Crippen LogP contribution in [0.1, 0.15) is 20.3 Å². The minimum Gasteiger partial charge on any atom is -0.207 e. The third-order valence-corrected chi connectivity index (χ3v) is 5.39. The van der Waals surface area contributed by atoms with Crippen LogP contribution >= 0.6 is 0 Å². The zero-order valence-electron chi connectivity index (χ0n) is 10.3. The monoisotopic (exact) mass is 253 g/mol. The Morgan fingerprint density at radius 1 is 1.24 bits per heavy atom. The molecule has 1 saturated heterocycles. The molecule has 2 rings (SSSR count). The summed E-state index contributed by atoms with van der Waals surface area (Å²) >= 11 is 0. The van der Waals surface area contributed by atoms with Gasteiger partial charge in [0.25, 0.3) is 0 Å². The SMILES string of the molecule is CC(C)[C@@H]1CCN(S(=O)(=O)c2ccccc2)C1. The lowest BCUT2D eigenvalue weighted by atomic mass is 9.96. The molecule has 4 heteroatoms. The number of rotatable bonds is 3. The van der Waals surface area contributed by atoms with E-state index in [-0.39, 0.29) is 0 Å². The van der Waals surface area contributed by atoms with Gasteiger partial charge in [0.15, 0.2) is 0 Å². The van der Waals surface area contributed by atoms with E-state index in [2.05, 4.69) is 13.8 Å². The third kappa shape index (κ3) is 2.53. The Kier molecular flexibility index (Phi) is 3.54. The zero-order chi connectivity index (χ0) is 12.5. The van der Waals surface area contributed by atoms with Crippen molar-refractivity contribution < 1.29 is 8.42 Å². The van der Waals surface area contributed by atoms with Crippen molar-refractivity contribution in [2.24, 2.45) is 11.8 Å². The van der Waals surface area contributed by atoms with Gasteiger partial charge in [0, 0.05) is 13.1 Å². The van der Waals surface area contributed by atoms with Gasteiger partial charge in [-0.25, -0.2) is 8.42 Å². The van der Waals surface area contributed by atoms with E-state index in [0.29, 0.717) is 29.8 Å². The minimum absolute atomic E-state index is 0.407. The first-order valence-corrected chi connectivity index (χ1v) is 7.51. The Morgan fingerprint density at radius 2 is 1.88 bits per heavy atom. The molecule has 0 aliphatic carbocycles. The zero-order valence-corrected chi connectivity index (χ0v) is 11.2. The molecule has 0 spiro atoms. The summed E-state index contributed by atoms with van der Waals surface area (Å²) < 4.78 is 26.3. The lowest BCUT2D eigenvalue weighted by Crippen LogP contribution is -2.29. The molecule has 3 nitrogen and oxygen atoms in total. The van der Waals surface area contributed by atoms with Crippen LogP contribution in [0.25, 0.3) is 0 Å². The average molecular weight is 253 g/mol. The maximum absolute atomic E-state index is 12.3. The lowest BCUT2D eigenvalue weighted by Gasteiger charge is -2.18. The highest BCUT2D eigenvalue weighted by atomic mass is 32.2. The van der Waals surface area contributed by atoms with Crippen LogP contribution in [0.3, 0.4) is 0 Å². The van der Waals surface area contributed by atoms with Crippen molar-refractivity contribution in [1.82, 2.24) is 4.31 Å². The molecule has 94 valence electrons. The molecule has 0 saturated carbocycles. The van der Waals surface area contributed by atoms with Crippen molar-refractivity contribution in [3.63, 3.8) is 0 Å². The number of sulfonamides is 1. The molecule has 0 radical (unpaired) electrons. The van der Waals surface area contributed by atoms with Gasteiger partial charge < -0.3 is 0 Å². The molecule has 1 aliphatic rings. The molecule has 0 unspecified atom stereocenters. The van der Waals surface area contributed by atoms with Gasteiger partial charge in [-0.15, -0.1) is 0 Å². The molecule has 1 aromatic carbocycles. The van der Waals surface area contributed by atoms with E-state index in [1.165, 1.54) is 0 Å². The first-order chi connectivity index (χ1) is 8.01. The third-order valence-electron chi connectivity index (χ3n) is 3.51. The van der Waals surface area contributed by atoms with Crippen LogP contribution < -0.4 is 0 Å². The molecule has 0 bridgehead atoms. The topological polar surface area (TPSA) is 37.4 Å². The summed E-state index contributed by atoms with van der Waals surface area (Å²) in [5.74, 6) is 1.04. The molecule has 1 aromatic rings. The van der Waals surface area contributed by atoms with Crippen LogP contribution in [0, 0.1) is 11.8 Å². The summed E-state index contributed by atoms with van der Waals surface area (Å²) in [4.78, 5) is 0.407. The van der Waals surface area contributed by atoms with E-state index >= 15 is 0 Å². The Balaban J connectivity index is 2.19. The summed E-state index contributed by atoms with van der Waals surface area (Å²) in [5.41, 5.74) is 0. The van der Waals surface area contributed by atoms with Crippen molar-refractivity contribution in [2.75, 3.05) is 13.1 Å². The van der Waals surface area contributed by atoms with Gasteiger partial charge in [0.2, 0.25) is 10.0 Å². The van der Waals surface area contributed by atoms with Gasteiger partial charge in [-0.3, -0.25) is 0 Å². The highest BCUT2D eigenvalue weighted by Crippen LogP contribution is 2.28. The molecule has 0 amide bonds. The summed E-state index contributed by atoms with van der Waals surface area (Å²) in [6.07, 6.45) is 0.976. The second-order valence-electron chi connectivity index (χ2n) is 4.97. The molecule has 1 atom stereocenters. The molecular formula is C13H19NO2S. The van der Waals surface area contributed by atoms with Crippen LogP contribution in [0.5, 0.6) is 0 Å².